The highest BCUT2D eigenvalue weighted by atomic mass is 16.5. The maximum Gasteiger partial charge on any atom is 0.362 e. The molecule has 14 heavy (non-hydrogen) atoms. The first kappa shape index (κ1) is 8.42. The summed E-state index contributed by atoms with van der Waals surface area (Å²) in [5.74, 6) is -0.598. The fourth-order valence-corrected chi connectivity index (χ4v) is 1.10. The Hall–Kier alpha value is -2.18. The number of hydrogen-bond acceptors (Lipinski definition) is 5. The van der Waals surface area contributed by atoms with Crippen molar-refractivity contribution in [1.29, 1.82) is 0 Å². The minimum atomic E-state index is -0.598. The van der Waals surface area contributed by atoms with Crippen LogP contribution in [0.3, 0.4) is 0 Å². The number of nitrogens with one attached hydrogen (secondary N) is 1. The van der Waals surface area contributed by atoms with Crippen LogP contribution in [0.2, 0.25) is 0 Å². The van der Waals surface area contributed by atoms with Crippen molar-refractivity contribution < 1.29 is 14.3 Å². The Morgan fingerprint density at radius 1 is 1.71 bits per heavy atom. The zero-order valence-corrected chi connectivity index (χ0v) is 7.22. The third-order valence-corrected chi connectivity index (χ3v) is 1.76. The van der Waals surface area contributed by atoms with Crippen molar-refractivity contribution in [2.75, 3.05) is 7.11 Å². The number of ether oxygens (including phenoxy) is 1. The van der Waals surface area contributed by atoms with Gasteiger partial charge in [-0.2, -0.15) is 0 Å². The van der Waals surface area contributed by atoms with Crippen molar-refractivity contribution in [3.63, 3.8) is 0 Å². The molecule has 0 bridgehead atoms. The van der Waals surface area contributed by atoms with Crippen LogP contribution in [0.1, 0.15) is 21.0 Å². The van der Waals surface area contributed by atoms with Crippen LogP contribution in [0.15, 0.2) is 6.20 Å². The van der Waals surface area contributed by atoms with Crippen molar-refractivity contribution >= 4 is 17.9 Å². The van der Waals surface area contributed by atoms with Crippen LogP contribution in [0.25, 0.3) is 5.65 Å². The highest BCUT2D eigenvalue weighted by molar-refractivity contribution is 5.94. The molecule has 7 nitrogen and oxygen atoms in total. The fraction of sp³-hybridized carbons (Fsp3) is 0.143. The van der Waals surface area contributed by atoms with E-state index in [2.05, 4.69) is 20.0 Å². The Morgan fingerprint density at radius 2 is 2.50 bits per heavy atom. The van der Waals surface area contributed by atoms with Crippen LogP contribution in [0, 0.1) is 0 Å². The van der Waals surface area contributed by atoms with Gasteiger partial charge >= 0.3 is 5.97 Å². The summed E-state index contributed by atoms with van der Waals surface area (Å²) in [6.45, 7) is 0. The summed E-state index contributed by atoms with van der Waals surface area (Å²) >= 11 is 0. The molecule has 2 heterocycles. The first-order valence-electron chi connectivity index (χ1n) is 3.73. The van der Waals surface area contributed by atoms with Gasteiger partial charge in [-0.25, -0.2) is 19.5 Å². The van der Waals surface area contributed by atoms with Gasteiger partial charge in [0.15, 0.2) is 11.9 Å². The molecule has 72 valence electrons. The molecule has 2 aromatic heterocycles. The average molecular weight is 194 g/mol. The van der Waals surface area contributed by atoms with E-state index < -0.39 is 5.97 Å². The third kappa shape index (κ3) is 0.987. The summed E-state index contributed by atoms with van der Waals surface area (Å²) in [4.78, 5) is 25.5. The highest BCUT2D eigenvalue weighted by Gasteiger charge is 2.17. The number of fused-ring (bicyclic) bond motifs is 1. The molecule has 0 aliphatic rings. The van der Waals surface area contributed by atoms with E-state index in [1.165, 1.54) is 17.8 Å². The third-order valence-electron chi connectivity index (χ3n) is 1.76. The summed E-state index contributed by atoms with van der Waals surface area (Å²) in [6, 6.07) is 0. The number of rotatable bonds is 2. The molecule has 0 atom stereocenters. The minimum Gasteiger partial charge on any atom is -0.464 e. The second kappa shape index (κ2) is 2.95. The molecule has 0 aliphatic heterocycles. The summed E-state index contributed by atoms with van der Waals surface area (Å²) in [7, 11) is 1.25. The molecule has 0 fully saturated rings. The quantitative estimate of drug-likeness (QED) is 0.521. The number of hydrogen-bond donors (Lipinski definition) is 1. The first-order chi connectivity index (χ1) is 6.77. The lowest BCUT2D eigenvalue weighted by molar-refractivity contribution is 0.0596. The molecule has 2 rings (SSSR count). The predicted molar refractivity (Wildman–Crippen MR) is 44.1 cm³/mol. The van der Waals surface area contributed by atoms with E-state index in [0.717, 1.165) is 0 Å². The van der Waals surface area contributed by atoms with Gasteiger partial charge in [-0.1, -0.05) is 0 Å². The van der Waals surface area contributed by atoms with Crippen LogP contribution >= 0.6 is 0 Å². The Labute approximate surface area is 77.7 Å². The molecule has 0 unspecified atom stereocenters. The zero-order chi connectivity index (χ0) is 10.1. The van der Waals surface area contributed by atoms with Crippen LogP contribution in [0.5, 0.6) is 0 Å². The maximum atomic E-state index is 11.1. The van der Waals surface area contributed by atoms with E-state index in [9.17, 15) is 9.59 Å². The number of carbonyl (C=O) groups excluding carboxylic acids is 2. The number of aromatic amines is 1. The molecule has 0 aromatic carbocycles. The number of imidazole rings is 1. The van der Waals surface area contributed by atoms with Gasteiger partial charge in [0.05, 0.1) is 13.3 Å². The number of aromatic nitrogens is 4. The molecule has 0 spiro atoms. The fourth-order valence-electron chi connectivity index (χ4n) is 1.10. The SMILES string of the molecule is COC(=O)c1n[nH]n2c(C=O)cnc12. The smallest absolute Gasteiger partial charge is 0.362 e. The van der Waals surface area contributed by atoms with Crippen molar-refractivity contribution in [3.05, 3.63) is 17.6 Å². The Balaban J connectivity index is 2.64. The van der Waals surface area contributed by atoms with E-state index in [1.807, 2.05) is 0 Å². The number of methoxy groups -OCH3 is 1. The highest BCUT2D eigenvalue weighted by Crippen LogP contribution is 2.08. The predicted octanol–water partition coefficient (Wildman–Crippen LogP) is -0.344. The largest absolute Gasteiger partial charge is 0.464 e. The van der Waals surface area contributed by atoms with Gasteiger partial charge in [0, 0.05) is 0 Å². The van der Waals surface area contributed by atoms with Gasteiger partial charge in [0.2, 0.25) is 5.69 Å². The zero-order valence-electron chi connectivity index (χ0n) is 7.22. The topological polar surface area (TPSA) is 89.4 Å². The Morgan fingerprint density at radius 3 is 3.14 bits per heavy atom. The molecule has 0 amide bonds. The van der Waals surface area contributed by atoms with Crippen LogP contribution in [0.4, 0.5) is 0 Å². The van der Waals surface area contributed by atoms with Crippen molar-refractivity contribution in [2.24, 2.45) is 0 Å². The summed E-state index contributed by atoms with van der Waals surface area (Å²) in [6.07, 6.45) is 1.95. The minimum absolute atomic E-state index is 0.0561. The van der Waals surface area contributed by atoms with Crippen molar-refractivity contribution in [2.45, 2.75) is 0 Å². The number of nitrogens with zero attached hydrogens (tertiary/aromatic N) is 3. The Kier molecular flexibility index (Phi) is 1.77. The Bertz CT molecular complexity index is 498. The van der Waals surface area contributed by atoms with Crippen molar-refractivity contribution in [1.82, 2.24) is 19.8 Å². The number of esters is 1. The summed E-state index contributed by atoms with van der Waals surface area (Å²) < 4.78 is 5.79. The number of carbonyl (C=O) groups is 2. The van der Waals surface area contributed by atoms with E-state index in [0.29, 0.717) is 12.0 Å². The van der Waals surface area contributed by atoms with Gasteiger partial charge in [-0.15, -0.1) is 5.10 Å². The average Bonchev–Trinajstić information content (AvgIpc) is 2.76. The molecule has 0 radical (unpaired) electrons. The van der Waals surface area contributed by atoms with Crippen LogP contribution in [-0.4, -0.2) is 39.2 Å². The molecule has 0 aliphatic carbocycles. The molecular weight excluding hydrogens is 188 g/mol. The standard InChI is InChI=1S/C7H6N4O3/c1-14-7(13)5-6-8-2-4(3-12)11(6)10-9-5/h2-3,10H,1H3. The normalized spacial score (nSPS) is 10.4. The van der Waals surface area contributed by atoms with E-state index in [1.54, 1.807) is 0 Å². The number of H-pyrrole nitrogens is 1. The molecule has 0 saturated heterocycles. The lowest BCUT2D eigenvalue weighted by Crippen LogP contribution is -2.02. The van der Waals surface area contributed by atoms with E-state index in [-0.39, 0.29) is 11.3 Å². The monoisotopic (exact) mass is 194 g/mol. The van der Waals surface area contributed by atoms with Gasteiger partial charge in [0.1, 0.15) is 5.69 Å². The van der Waals surface area contributed by atoms with E-state index in [4.69, 9.17) is 0 Å². The molecule has 1 N–H and O–H groups in total. The maximum absolute atomic E-state index is 11.1. The van der Waals surface area contributed by atoms with Gasteiger partial charge < -0.3 is 4.74 Å². The molecule has 2 aromatic rings. The van der Waals surface area contributed by atoms with Gasteiger partial charge in [-0.3, -0.25) is 4.79 Å². The van der Waals surface area contributed by atoms with Crippen LogP contribution in [-0.2, 0) is 4.74 Å². The van der Waals surface area contributed by atoms with E-state index >= 15 is 0 Å². The second-order valence-corrected chi connectivity index (χ2v) is 2.51. The lowest BCUT2D eigenvalue weighted by Gasteiger charge is -1.90. The molecule has 0 saturated carbocycles. The molecule has 7 heteroatoms. The summed E-state index contributed by atoms with van der Waals surface area (Å²) in [5, 5.41) is 6.15. The second-order valence-electron chi connectivity index (χ2n) is 2.51. The van der Waals surface area contributed by atoms with Crippen molar-refractivity contribution in [3.8, 4) is 0 Å². The first-order valence-corrected chi connectivity index (χ1v) is 3.73. The van der Waals surface area contributed by atoms with Crippen LogP contribution < -0.4 is 0 Å². The molecular formula is C7H6N4O3. The van der Waals surface area contributed by atoms with Gasteiger partial charge in [0.25, 0.3) is 0 Å². The van der Waals surface area contributed by atoms with Gasteiger partial charge in [-0.05, 0) is 0 Å². The lowest BCUT2D eigenvalue weighted by atomic mass is 10.4. The summed E-state index contributed by atoms with van der Waals surface area (Å²) in [5.41, 5.74) is 0.627. The number of aldehydes is 1.